The Morgan fingerprint density at radius 1 is 1.31 bits per heavy atom. The predicted octanol–water partition coefficient (Wildman–Crippen LogP) is 3.48. The Balaban J connectivity index is 2.62. The highest BCUT2D eigenvalue weighted by Crippen LogP contribution is 2.23. The molecule has 0 saturated carbocycles. The molecular formula is C14H20O2. The van der Waals surface area contributed by atoms with Gasteiger partial charge in [0, 0.05) is 0 Å². The minimum Gasteiger partial charge on any atom is -0.494 e. The number of ether oxygens (including phenoxy) is 1. The molecule has 1 atom stereocenters. The second kappa shape index (κ2) is 6.33. The fourth-order valence-electron chi connectivity index (χ4n) is 1.49. The highest BCUT2D eigenvalue weighted by atomic mass is 16.5. The van der Waals surface area contributed by atoms with E-state index in [1.54, 1.807) is 0 Å². The van der Waals surface area contributed by atoms with Crippen molar-refractivity contribution in [3.63, 3.8) is 0 Å². The van der Waals surface area contributed by atoms with Crippen molar-refractivity contribution in [3.8, 4) is 5.75 Å². The van der Waals surface area contributed by atoms with Crippen LogP contribution in [0.25, 0.3) is 0 Å². The third kappa shape index (κ3) is 3.70. The van der Waals surface area contributed by atoms with Gasteiger partial charge in [0.25, 0.3) is 0 Å². The second-order valence-electron chi connectivity index (χ2n) is 3.83. The zero-order valence-electron chi connectivity index (χ0n) is 10.1. The summed E-state index contributed by atoms with van der Waals surface area (Å²) in [5.41, 5.74) is 1.99. The van der Waals surface area contributed by atoms with E-state index < -0.39 is 6.10 Å². The van der Waals surface area contributed by atoms with Gasteiger partial charge in [-0.05, 0) is 37.5 Å². The van der Waals surface area contributed by atoms with Crippen LogP contribution in [0.1, 0.15) is 38.4 Å². The number of aliphatic hydroxyl groups excluding tert-OH is 1. The molecule has 0 amide bonds. The summed E-state index contributed by atoms with van der Waals surface area (Å²) in [4.78, 5) is 0. The number of hydrogen-bond donors (Lipinski definition) is 1. The van der Waals surface area contributed by atoms with E-state index in [2.05, 4.69) is 6.58 Å². The lowest BCUT2D eigenvalue weighted by Gasteiger charge is -2.12. The van der Waals surface area contributed by atoms with E-state index in [0.29, 0.717) is 13.0 Å². The topological polar surface area (TPSA) is 29.5 Å². The molecule has 2 nitrogen and oxygen atoms in total. The quantitative estimate of drug-likeness (QED) is 0.744. The van der Waals surface area contributed by atoms with Gasteiger partial charge in [-0.3, -0.25) is 0 Å². The van der Waals surface area contributed by atoms with E-state index in [1.807, 2.05) is 38.1 Å². The van der Waals surface area contributed by atoms with Gasteiger partial charge < -0.3 is 9.84 Å². The molecule has 0 radical (unpaired) electrons. The SMILES string of the molecule is C=C(CC)CC(O)c1ccc(OCC)cc1. The first kappa shape index (κ1) is 12.8. The molecule has 88 valence electrons. The molecule has 0 aromatic heterocycles. The molecule has 0 fully saturated rings. The van der Waals surface area contributed by atoms with Crippen LogP contribution in [-0.4, -0.2) is 11.7 Å². The molecule has 16 heavy (non-hydrogen) atoms. The maximum absolute atomic E-state index is 9.94. The molecule has 0 aliphatic heterocycles. The first-order valence-corrected chi connectivity index (χ1v) is 5.74. The molecule has 2 heteroatoms. The maximum atomic E-state index is 9.94. The van der Waals surface area contributed by atoms with Crippen LogP contribution in [0.2, 0.25) is 0 Å². The van der Waals surface area contributed by atoms with Crippen molar-refractivity contribution >= 4 is 0 Å². The van der Waals surface area contributed by atoms with E-state index in [1.165, 1.54) is 0 Å². The Hall–Kier alpha value is -1.28. The van der Waals surface area contributed by atoms with Crippen LogP contribution >= 0.6 is 0 Å². The zero-order valence-corrected chi connectivity index (χ0v) is 10.1. The maximum Gasteiger partial charge on any atom is 0.119 e. The third-order valence-corrected chi connectivity index (χ3v) is 2.56. The van der Waals surface area contributed by atoms with Crippen molar-refractivity contribution in [2.75, 3.05) is 6.61 Å². The number of aliphatic hydroxyl groups is 1. The number of benzene rings is 1. The smallest absolute Gasteiger partial charge is 0.119 e. The van der Waals surface area contributed by atoms with Gasteiger partial charge in [-0.15, -0.1) is 0 Å². The zero-order chi connectivity index (χ0) is 12.0. The molecule has 0 aliphatic carbocycles. The van der Waals surface area contributed by atoms with E-state index in [-0.39, 0.29) is 0 Å². The molecule has 1 aromatic carbocycles. The van der Waals surface area contributed by atoms with Crippen LogP contribution in [0.5, 0.6) is 5.75 Å². The van der Waals surface area contributed by atoms with Gasteiger partial charge in [-0.2, -0.15) is 0 Å². The highest BCUT2D eigenvalue weighted by molar-refractivity contribution is 5.29. The lowest BCUT2D eigenvalue weighted by molar-refractivity contribution is 0.177. The van der Waals surface area contributed by atoms with Crippen LogP contribution in [0, 0.1) is 0 Å². The number of hydrogen-bond acceptors (Lipinski definition) is 2. The van der Waals surface area contributed by atoms with E-state index in [4.69, 9.17) is 4.74 Å². The third-order valence-electron chi connectivity index (χ3n) is 2.56. The van der Waals surface area contributed by atoms with Crippen molar-refractivity contribution in [2.24, 2.45) is 0 Å². The minimum atomic E-state index is -0.455. The van der Waals surface area contributed by atoms with Gasteiger partial charge in [-0.1, -0.05) is 31.2 Å². The molecule has 0 heterocycles. The van der Waals surface area contributed by atoms with Crippen LogP contribution in [0.4, 0.5) is 0 Å². The molecule has 1 rings (SSSR count). The van der Waals surface area contributed by atoms with Crippen molar-refractivity contribution in [2.45, 2.75) is 32.8 Å². The van der Waals surface area contributed by atoms with Gasteiger partial charge in [0.05, 0.1) is 12.7 Å². The number of rotatable bonds is 6. The summed E-state index contributed by atoms with van der Waals surface area (Å²) in [7, 11) is 0. The molecule has 1 aromatic rings. The summed E-state index contributed by atoms with van der Waals surface area (Å²) in [6, 6.07) is 7.57. The summed E-state index contributed by atoms with van der Waals surface area (Å²) < 4.78 is 5.34. The fraction of sp³-hybridized carbons (Fsp3) is 0.429. The van der Waals surface area contributed by atoms with Crippen molar-refractivity contribution in [1.82, 2.24) is 0 Å². The molecule has 1 unspecified atom stereocenters. The van der Waals surface area contributed by atoms with E-state index in [9.17, 15) is 5.11 Å². The van der Waals surface area contributed by atoms with Crippen molar-refractivity contribution in [1.29, 1.82) is 0 Å². The molecular weight excluding hydrogens is 200 g/mol. The van der Waals surface area contributed by atoms with Crippen LogP contribution in [0.3, 0.4) is 0 Å². The predicted molar refractivity (Wildman–Crippen MR) is 66.6 cm³/mol. The second-order valence-corrected chi connectivity index (χ2v) is 3.83. The summed E-state index contributed by atoms with van der Waals surface area (Å²) in [6.07, 6.45) is 1.08. The Kier molecular flexibility index (Phi) is 5.06. The molecule has 0 bridgehead atoms. The summed E-state index contributed by atoms with van der Waals surface area (Å²) in [5, 5.41) is 9.94. The largest absolute Gasteiger partial charge is 0.494 e. The first-order valence-electron chi connectivity index (χ1n) is 5.74. The van der Waals surface area contributed by atoms with Gasteiger partial charge in [0.1, 0.15) is 5.75 Å². The van der Waals surface area contributed by atoms with Crippen LogP contribution in [0.15, 0.2) is 36.4 Å². The monoisotopic (exact) mass is 220 g/mol. The van der Waals surface area contributed by atoms with Gasteiger partial charge in [-0.25, -0.2) is 0 Å². The van der Waals surface area contributed by atoms with Crippen LogP contribution in [-0.2, 0) is 0 Å². The Morgan fingerprint density at radius 2 is 1.94 bits per heavy atom. The lowest BCUT2D eigenvalue weighted by atomic mass is 10.0. The normalized spacial score (nSPS) is 12.2. The Bertz CT molecular complexity index is 327. The van der Waals surface area contributed by atoms with Gasteiger partial charge >= 0.3 is 0 Å². The van der Waals surface area contributed by atoms with Crippen molar-refractivity contribution < 1.29 is 9.84 Å². The van der Waals surface area contributed by atoms with Crippen LogP contribution < -0.4 is 4.74 Å². The summed E-state index contributed by atoms with van der Waals surface area (Å²) >= 11 is 0. The van der Waals surface area contributed by atoms with E-state index in [0.717, 1.165) is 23.3 Å². The van der Waals surface area contributed by atoms with E-state index >= 15 is 0 Å². The molecule has 0 aliphatic rings. The summed E-state index contributed by atoms with van der Waals surface area (Å²) in [5.74, 6) is 0.841. The van der Waals surface area contributed by atoms with Gasteiger partial charge in [0.2, 0.25) is 0 Å². The Labute approximate surface area is 97.6 Å². The lowest BCUT2D eigenvalue weighted by Crippen LogP contribution is -1.99. The minimum absolute atomic E-state index is 0.455. The standard InChI is InChI=1S/C14H20O2/c1-4-11(3)10-14(15)12-6-8-13(9-7-12)16-5-2/h6-9,14-15H,3-5,10H2,1-2H3. The summed E-state index contributed by atoms with van der Waals surface area (Å²) in [6.45, 7) is 8.56. The van der Waals surface area contributed by atoms with Crippen molar-refractivity contribution in [3.05, 3.63) is 42.0 Å². The fourth-order valence-corrected chi connectivity index (χ4v) is 1.49. The average molecular weight is 220 g/mol. The molecule has 1 N–H and O–H groups in total. The first-order chi connectivity index (χ1) is 7.67. The average Bonchev–Trinajstić information content (AvgIpc) is 2.30. The molecule has 0 saturated heterocycles. The Morgan fingerprint density at radius 3 is 2.44 bits per heavy atom. The molecule has 0 spiro atoms. The van der Waals surface area contributed by atoms with Gasteiger partial charge in [0.15, 0.2) is 0 Å². The highest BCUT2D eigenvalue weighted by Gasteiger charge is 2.08.